The molecule has 0 saturated carbocycles. The Kier molecular flexibility index (Phi) is 7.09. The number of aliphatic hydroxyl groups excluding tert-OH is 2. The molecule has 0 aromatic carbocycles. The number of nitrogens with zero attached hydrogens (tertiary/aromatic N) is 4. The summed E-state index contributed by atoms with van der Waals surface area (Å²) in [4.78, 5) is 32.6. The molecule has 14 nitrogen and oxygen atoms in total. The van der Waals surface area contributed by atoms with Gasteiger partial charge in [-0.2, -0.15) is 14.4 Å². The lowest BCUT2D eigenvalue weighted by Gasteiger charge is -2.21. The zero-order valence-corrected chi connectivity index (χ0v) is 18.2. The van der Waals surface area contributed by atoms with Crippen LogP contribution in [0.4, 0.5) is 10.2 Å². The minimum Gasteiger partial charge on any atom is -0.462 e. The van der Waals surface area contributed by atoms with Crippen LogP contribution in [0.5, 0.6) is 0 Å². The van der Waals surface area contributed by atoms with E-state index in [9.17, 15) is 28.9 Å². The van der Waals surface area contributed by atoms with Crippen molar-refractivity contribution in [1.82, 2.24) is 24.6 Å². The number of anilines is 1. The topological polar surface area (TPSA) is 204 Å². The summed E-state index contributed by atoms with van der Waals surface area (Å²) in [6.07, 6.45) is -5.97. The van der Waals surface area contributed by atoms with Gasteiger partial charge in [0.25, 0.3) is 0 Å². The molecule has 3 rings (SSSR count). The van der Waals surface area contributed by atoms with Crippen molar-refractivity contribution in [1.29, 1.82) is 0 Å². The van der Waals surface area contributed by atoms with Gasteiger partial charge in [-0.05, 0) is 20.8 Å². The Labute approximate surface area is 181 Å². The number of rotatable bonds is 8. The summed E-state index contributed by atoms with van der Waals surface area (Å²) in [7, 11) is -4.51. The predicted molar refractivity (Wildman–Crippen MR) is 105 cm³/mol. The fourth-order valence-corrected chi connectivity index (χ4v) is 4.06. The van der Waals surface area contributed by atoms with Crippen LogP contribution in [0.2, 0.25) is 0 Å². The number of aromatic nitrogens is 4. The van der Waals surface area contributed by atoms with Crippen molar-refractivity contribution in [2.75, 3.05) is 12.3 Å². The zero-order chi connectivity index (χ0) is 23.8. The molecule has 16 heteroatoms. The molecule has 0 spiro atoms. The summed E-state index contributed by atoms with van der Waals surface area (Å²) in [5.74, 6) is -0.984. The number of halogens is 1. The first-order valence-electron chi connectivity index (χ1n) is 9.52. The molecule has 0 radical (unpaired) electrons. The van der Waals surface area contributed by atoms with Crippen molar-refractivity contribution in [3.8, 4) is 0 Å². The molecule has 1 aliphatic heterocycles. The highest BCUT2D eigenvalue weighted by Gasteiger charge is 2.45. The second kappa shape index (κ2) is 9.31. The van der Waals surface area contributed by atoms with E-state index in [0.29, 0.717) is 0 Å². The van der Waals surface area contributed by atoms with Crippen LogP contribution in [0.3, 0.4) is 0 Å². The van der Waals surface area contributed by atoms with Gasteiger partial charge in [0.1, 0.15) is 24.4 Å². The van der Waals surface area contributed by atoms with Gasteiger partial charge in [-0.15, -0.1) is 0 Å². The molecule has 3 unspecified atom stereocenters. The van der Waals surface area contributed by atoms with Gasteiger partial charge in [-0.1, -0.05) is 0 Å². The molecule has 3 heterocycles. The number of hydrogen-bond donors (Lipinski definition) is 5. The number of carbonyl (C=O) groups is 1. The number of fused-ring (bicyclic) bond motifs is 1. The molecule has 6 atom stereocenters. The molecule has 32 heavy (non-hydrogen) atoms. The molecule has 1 fully saturated rings. The first kappa shape index (κ1) is 24.4. The number of nitrogens with one attached hydrogen (secondary N) is 1. The van der Waals surface area contributed by atoms with Gasteiger partial charge in [0.05, 0.1) is 19.0 Å². The van der Waals surface area contributed by atoms with E-state index < -0.39 is 63.1 Å². The molecule has 1 saturated heterocycles. The van der Waals surface area contributed by atoms with Gasteiger partial charge in [0, 0.05) is 0 Å². The SMILES string of the molecule is CC(C)OC(=O)C(C)NP(=O)(O)OC[C@H]1O[C@@H](n2cnc3c(N)nc(F)nc32)[C@H](O)C1O. The lowest BCUT2D eigenvalue weighted by atomic mass is 10.1. The lowest BCUT2D eigenvalue weighted by Crippen LogP contribution is -2.37. The molecular weight excluding hydrogens is 454 g/mol. The maximum atomic E-state index is 13.6. The number of carbonyl (C=O) groups excluding carboxylic acids is 1. The molecule has 6 N–H and O–H groups in total. The monoisotopic (exact) mass is 478 g/mol. The number of nitrogen functional groups attached to an aromatic ring is 1. The Morgan fingerprint density at radius 3 is 2.72 bits per heavy atom. The Morgan fingerprint density at radius 1 is 1.38 bits per heavy atom. The molecule has 0 aliphatic carbocycles. The second-order valence-electron chi connectivity index (χ2n) is 7.40. The highest BCUT2D eigenvalue weighted by atomic mass is 31.2. The predicted octanol–water partition coefficient (Wildman–Crippen LogP) is -0.786. The van der Waals surface area contributed by atoms with Crippen molar-refractivity contribution in [3.05, 3.63) is 12.4 Å². The molecule has 0 bridgehead atoms. The zero-order valence-electron chi connectivity index (χ0n) is 17.3. The van der Waals surface area contributed by atoms with Crippen LogP contribution in [0.25, 0.3) is 11.2 Å². The Hall–Kier alpha value is -2.26. The smallest absolute Gasteiger partial charge is 0.403 e. The number of nitrogens with two attached hydrogens (primary N) is 1. The normalized spacial score (nSPS) is 26.4. The first-order chi connectivity index (χ1) is 14.9. The summed E-state index contributed by atoms with van der Waals surface area (Å²) in [6.45, 7) is 3.94. The number of ether oxygens (including phenoxy) is 2. The van der Waals surface area contributed by atoms with Crippen LogP contribution in [-0.2, 0) is 23.4 Å². The molecule has 2 aromatic heterocycles. The van der Waals surface area contributed by atoms with Crippen molar-refractivity contribution in [2.45, 2.75) is 57.5 Å². The third-order valence-corrected chi connectivity index (χ3v) is 5.72. The maximum Gasteiger partial charge on any atom is 0.403 e. The van der Waals surface area contributed by atoms with Crippen LogP contribution < -0.4 is 10.8 Å². The van der Waals surface area contributed by atoms with Crippen LogP contribution in [0.15, 0.2) is 6.33 Å². The standard InChI is InChI=1S/C16H24FN6O8P/c1-6(2)30-15(26)7(3)22-32(27,28)29-4-8-10(24)11(25)14(31-8)23-5-19-9-12(18)20-16(17)21-13(9)23/h5-8,10-11,14,24-25H,4H2,1-3H3,(H2,18,20,21)(H2,22,27,28)/t7?,8-,10?,11-,14-/m1/s1. The van der Waals surface area contributed by atoms with E-state index in [-0.39, 0.29) is 17.0 Å². The van der Waals surface area contributed by atoms with E-state index in [1.54, 1.807) is 13.8 Å². The molecular formula is C16H24FN6O8P. The minimum atomic E-state index is -4.51. The van der Waals surface area contributed by atoms with Crippen molar-refractivity contribution in [2.24, 2.45) is 0 Å². The molecule has 0 amide bonds. The van der Waals surface area contributed by atoms with E-state index in [0.717, 1.165) is 4.57 Å². The van der Waals surface area contributed by atoms with Gasteiger partial charge in [-0.3, -0.25) is 13.9 Å². The van der Waals surface area contributed by atoms with Gasteiger partial charge in [-0.25, -0.2) is 14.6 Å². The summed E-state index contributed by atoms with van der Waals surface area (Å²) in [6, 6.07) is -1.15. The van der Waals surface area contributed by atoms with Crippen molar-refractivity contribution in [3.63, 3.8) is 0 Å². The van der Waals surface area contributed by atoms with E-state index in [2.05, 4.69) is 20.0 Å². The van der Waals surface area contributed by atoms with Crippen molar-refractivity contribution >= 4 is 30.7 Å². The highest BCUT2D eigenvalue weighted by Crippen LogP contribution is 2.40. The maximum absolute atomic E-state index is 13.6. The summed E-state index contributed by atoms with van der Waals surface area (Å²) >= 11 is 0. The van der Waals surface area contributed by atoms with Gasteiger partial charge in [0.2, 0.25) is 0 Å². The fraction of sp³-hybridized carbons (Fsp3) is 0.625. The average Bonchev–Trinajstić information content (AvgIpc) is 3.21. The van der Waals surface area contributed by atoms with Crippen LogP contribution in [0.1, 0.15) is 27.0 Å². The Balaban J connectivity index is 1.67. The average molecular weight is 478 g/mol. The molecule has 178 valence electrons. The van der Waals surface area contributed by atoms with Crippen LogP contribution >= 0.6 is 7.75 Å². The quantitative estimate of drug-likeness (QED) is 0.179. The molecule has 2 aromatic rings. The van der Waals surface area contributed by atoms with Gasteiger partial charge < -0.3 is 30.3 Å². The van der Waals surface area contributed by atoms with Crippen LogP contribution in [0, 0.1) is 6.08 Å². The van der Waals surface area contributed by atoms with Gasteiger partial charge in [0.15, 0.2) is 23.2 Å². The van der Waals surface area contributed by atoms with E-state index >= 15 is 0 Å². The molecule has 1 aliphatic rings. The largest absolute Gasteiger partial charge is 0.462 e. The van der Waals surface area contributed by atoms with E-state index in [1.807, 2.05) is 0 Å². The Bertz CT molecular complexity index is 1040. The minimum absolute atomic E-state index is 0.0581. The number of esters is 1. The summed E-state index contributed by atoms with van der Waals surface area (Å²) in [5, 5.41) is 22.8. The van der Waals surface area contributed by atoms with Crippen molar-refractivity contribution < 1.29 is 42.9 Å². The Morgan fingerprint density at radius 2 is 2.06 bits per heavy atom. The lowest BCUT2D eigenvalue weighted by molar-refractivity contribution is -0.149. The third-order valence-electron chi connectivity index (χ3n) is 4.51. The van der Waals surface area contributed by atoms with E-state index in [1.165, 1.54) is 13.3 Å². The number of aliphatic hydroxyl groups is 2. The van der Waals surface area contributed by atoms with Gasteiger partial charge >= 0.3 is 19.8 Å². The number of hydrogen-bond acceptors (Lipinski definition) is 11. The van der Waals surface area contributed by atoms with Crippen LogP contribution in [-0.4, -0.2) is 77.7 Å². The summed E-state index contributed by atoms with van der Waals surface area (Å²) in [5.41, 5.74) is 5.58. The second-order valence-corrected chi connectivity index (χ2v) is 8.96. The third kappa shape index (κ3) is 5.20. The van der Waals surface area contributed by atoms with E-state index in [4.69, 9.17) is 19.7 Å². The first-order valence-corrected chi connectivity index (χ1v) is 11.1. The highest BCUT2D eigenvalue weighted by molar-refractivity contribution is 7.50. The number of imidazole rings is 1. The fourth-order valence-electron chi connectivity index (χ4n) is 3.04. The summed E-state index contributed by atoms with van der Waals surface area (Å²) < 4.78 is 42.3.